The van der Waals surface area contributed by atoms with Gasteiger partial charge in [0.1, 0.15) is 0 Å². The molecule has 0 heterocycles. The molecule has 34 valence electrons. The number of hydrogen-bond acceptors (Lipinski definition) is 0. The zero-order chi connectivity index (χ0) is 0. The van der Waals surface area contributed by atoms with Gasteiger partial charge in [0, 0.05) is 19.5 Å². The summed E-state index contributed by atoms with van der Waals surface area (Å²) in [6.07, 6.45) is 0. The molecule has 0 aromatic heterocycles. The number of rotatable bonds is 0. The molecule has 0 aliphatic carbocycles. The van der Waals surface area contributed by atoms with Crippen molar-refractivity contribution in [2.75, 3.05) is 0 Å². The molecule has 8 N–H and O–H groups in total. The van der Waals surface area contributed by atoms with Crippen LogP contribution < -0.4 is 0 Å². The summed E-state index contributed by atoms with van der Waals surface area (Å²) in [5, 5.41) is 0. The standard InChI is InChI=1S/4H2N.Zn/h4*1H2;/q4*-1;. The second kappa shape index (κ2) is 249. The Hall–Kier alpha value is 0.463. The van der Waals surface area contributed by atoms with E-state index in [0.717, 1.165) is 0 Å². The summed E-state index contributed by atoms with van der Waals surface area (Å²) in [6, 6.07) is 0. The first-order valence-corrected chi connectivity index (χ1v) is 0. The van der Waals surface area contributed by atoms with Crippen molar-refractivity contribution in [1.82, 2.24) is 0 Å². The molecule has 0 aliphatic heterocycles. The van der Waals surface area contributed by atoms with Gasteiger partial charge in [-0.3, -0.25) is 0 Å². The van der Waals surface area contributed by atoms with E-state index >= 15 is 0 Å². The second-order valence-electron chi connectivity index (χ2n) is 0. The maximum Gasteiger partial charge on any atom is 0 e. The Morgan fingerprint density at radius 3 is 0.400 bits per heavy atom. The quantitative estimate of drug-likeness (QED) is 0.445. The third-order valence-corrected chi connectivity index (χ3v) is 0. The van der Waals surface area contributed by atoms with Crippen molar-refractivity contribution in [2.45, 2.75) is 0 Å². The largest absolute Gasteiger partial charge is 0.693 e. The van der Waals surface area contributed by atoms with Gasteiger partial charge < -0.3 is 24.6 Å². The zero-order valence-corrected chi connectivity index (χ0v) is 5.98. The van der Waals surface area contributed by atoms with Crippen LogP contribution in [0.2, 0.25) is 0 Å². The van der Waals surface area contributed by atoms with Gasteiger partial charge in [-0.2, -0.15) is 0 Å². The molecule has 0 atom stereocenters. The first-order chi connectivity index (χ1) is 0. The fourth-order valence-electron chi connectivity index (χ4n) is 0. The monoisotopic (exact) mass is 128 g/mol. The summed E-state index contributed by atoms with van der Waals surface area (Å²) in [4.78, 5) is 0. The molecule has 0 aromatic carbocycles. The number of hydrogen-bond donors (Lipinski definition) is 0. The van der Waals surface area contributed by atoms with Gasteiger partial charge >= 0.3 is 0 Å². The Bertz CT molecular complexity index is 3.61. The van der Waals surface area contributed by atoms with E-state index in [1.807, 2.05) is 0 Å². The maximum atomic E-state index is 0. The Labute approximate surface area is 44.8 Å². The smallest absolute Gasteiger partial charge is 0 e. The van der Waals surface area contributed by atoms with Crippen LogP contribution in [-0.2, 0) is 19.5 Å². The average Bonchev–Trinajstić information content (AvgIpc) is 0. The molecule has 0 amide bonds. The topological polar surface area (TPSA) is 134 Å². The molecule has 0 saturated carbocycles. The Balaban J connectivity index is 0. The van der Waals surface area contributed by atoms with Crippen LogP contribution in [-0.4, -0.2) is 0 Å². The average molecular weight is 129 g/mol. The van der Waals surface area contributed by atoms with E-state index in [9.17, 15) is 0 Å². The zero-order valence-electron chi connectivity index (χ0n) is 3.02. The molecule has 0 rings (SSSR count). The Morgan fingerprint density at radius 2 is 0.400 bits per heavy atom. The first-order valence-electron chi connectivity index (χ1n) is 0. The maximum absolute atomic E-state index is 0. The van der Waals surface area contributed by atoms with Gasteiger partial charge in [0.05, 0.1) is 0 Å². The fraction of sp³-hybridized carbons (Fsp3) is 0. The van der Waals surface area contributed by atoms with Gasteiger partial charge in [-0.1, -0.05) is 0 Å². The molecule has 5 heteroatoms. The van der Waals surface area contributed by atoms with E-state index in [4.69, 9.17) is 0 Å². The summed E-state index contributed by atoms with van der Waals surface area (Å²) in [5.41, 5.74) is 0. The van der Waals surface area contributed by atoms with E-state index in [2.05, 4.69) is 0 Å². The first kappa shape index (κ1) is 507. The van der Waals surface area contributed by atoms with E-state index < -0.39 is 0 Å². The molecule has 0 aromatic rings. The predicted octanol–water partition coefficient (Wildman–Crippen LogP) is 2.87. The van der Waals surface area contributed by atoms with Crippen molar-refractivity contribution in [3.05, 3.63) is 24.6 Å². The molecule has 0 aliphatic rings. The number of nitrogens with two attached hydrogens (primary N) is 4. The van der Waals surface area contributed by atoms with Crippen LogP contribution in [0.3, 0.4) is 0 Å². The van der Waals surface area contributed by atoms with Crippen LogP contribution in [0.25, 0.3) is 24.6 Å². The van der Waals surface area contributed by atoms with Crippen molar-refractivity contribution in [2.24, 2.45) is 0 Å². The molecule has 5 heavy (non-hydrogen) atoms. The summed E-state index contributed by atoms with van der Waals surface area (Å²) in [5.74, 6) is 0. The van der Waals surface area contributed by atoms with Gasteiger partial charge in [0.2, 0.25) is 0 Å². The van der Waals surface area contributed by atoms with Crippen LogP contribution in [0.4, 0.5) is 0 Å². The molecular weight excluding hydrogens is 121 g/mol. The van der Waals surface area contributed by atoms with Gasteiger partial charge in [-0.15, -0.1) is 0 Å². The molecular formula is H8N4Zn-4. The third-order valence-electron chi connectivity index (χ3n) is 0. The molecule has 0 radical (unpaired) electrons. The normalized spacial score (nSPS) is 0. The summed E-state index contributed by atoms with van der Waals surface area (Å²) in [7, 11) is 0. The van der Waals surface area contributed by atoms with Gasteiger partial charge in [-0.05, 0) is 0 Å². The van der Waals surface area contributed by atoms with Crippen LogP contribution in [0.5, 0.6) is 0 Å². The van der Waals surface area contributed by atoms with E-state index in [0.29, 0.717) is 0 Å². The Morgan fingerprint density at radius 1 is 0.400 bits per heavy atom. The SMILES string of the molecule is [NH2-].[NH2-].[NH2-].[NH2-].[Zn]. The van der Waals surface area contributed by atoms with E-state index in [-0.39, 0.29) is 44.1 Å². The molecule has 0 unspecified atom stereocenters. The van der Waals surface area contributed by atoms with Crippen LogP contribution in [0.1, 0.15) is 0 Å². The third kappa shape index (κ3) is 126. The predicted molar refractivity (Wildman–Crippen MR) is 21.1 cm³/mol. The van der Waals surface area contributed by atoms with E-state index in [1.165, 1.54) is 0 Å². The minimum atomic E-state index is 0. The van der Waals surface area contributed by atoms with E-state index in [1.54, 1.807) is 0 Å². The molecule has 0 saturated heterocycles. The van der Waals surface area contributed by atoms with Crippen molar-refractivity contribution in [1.29, 1.82) is 0 Å². The molecule has 0 fully saturated rings. The van der Waals surface area contributed by atoms with Crippen molar-refractivity contribution < 1.29 is 19.5 Å². The summed E-state index contributed by atoms with van der Waals surface area (Å²) in [6.45, 7) is 0. The van der Waals surface area contributed by atoms with Crippen molar-refractivity contribution in [3.8, 4) is 0 Å². The Kier molecular flexibility index (Phi) is 25300. The molecule has 4 nitrogen and oxygen atoms in total. The minimum absolute atomic E-state index is 0. The summed E-state index contributed by atoms with van der Waals surface area (Å²) >= 11 is 0. The van der Waals surface area contributed by atoms with Crippen LogP contribution >= 0.6 is 0 Å². The van der Waals surface area contributed by atoms with Gasteiger partial charge in [0.15, 0.2) is 0 Å². The van der Waals surface area contributed by atoms with Crippen molar-refractivity contribution >= 4 is 0 Å². The van der Waals surface area contributed by atoms with Crippen LogP contribution in [0.15, 0.2) is 0 Å². The summed E-state index contributed by atoms with van der Waals surface area (Å²) < 4.78 is 0. The fourth-order valence-corrected chi connectivity index (χ4v) is 0. The van der Waals surface area contributed by atoms with Gasteiger partial charge in [-0.25, -0.2) is 0 Å². The van der Waals surface area contributed by atoms with Gasteiger partial charge in [0.25, 0.3) is 0 Å². The van der Waals surface area contributed by atoms with Crippen molar-refractivity contribution in [3.63, 3.8) is 0 Å². The minimum Gasteiger partial charge on any atom is -0.693 e. The molecule has 0 bridgehead atoms. The van der Waals surface area contributed by atoms with Crippen LogP contribution in [0, 0.1) is 0 Å². The second-order valence-corrected chi connectivity index (χ2v) is 0. The molecule has 0 spiro atoms.